The Hall–Kier alpha value is -0.550. The zero-order valence-corrected chi connectivity index (χ0v) is 12.9. The molecule has 0 radical (unpaired) electrons. The van der Waals surface area contributed by atoms with Crippen molar-refractivity contribution >= 4 is 29.1 Å². The molecule has 0 aliphatic carbocycles. The Kier molecular flexibility index (Phi) is 4.50. The van der Waals surface area contributed by atoms with Gasteiger partial charge < -0.3 is 5.32 Å². The largest absolute Gasteiger partial charge is 0.416 e. The highest BCUT2D eigenvalue weighted by Gasteiger charge is 2.32. The molecular weight excluding hydrogens is 307 g/mol. The van der Waals surface area contributed by atoms with E-state index in [9.17, 15) is 13.2 Å². The van der Waals surface area contributed by atoms with Gasteiger partial charge in [-0.25, -0.2) is 0 Å². The third-order valence-electron chi connectivity index (χ3n) is 3.27. The monoisotopic (exact) mass is 323 g/mol. The zero-order chi connectivity index (χ0) is 15.0. The van der Waals surface area contributed by atoms with Crippen molar-refractivity contribution in [2.75, 3.05) is 16.8 Å². The molecule has 0 aromatic heterocycles. The molecule has 2 rings (SSSR count). The average molecular weight is 324 g/mol. The number of benzene rings is 1. The molecule has 1 aromatic rings. The molecule has 1 atom stereocenters. The van der Waals surface area contributed by atoms with Gasteiger partial charge in [0, 0.05) is 11.8 Å². The highest BCUT2D eigenvalue weighted by Crippen LogP contribution is 2.37. The second-order valence-corrected chi connectivity index (χ2v) is 7.35. The summed E-state index contributed by atoms with van der Waals surface area (Å²) in [5, 5.41) is 3.38. The third kappa shape index (κ3) is 3.98. The van der Waals surface area contributed by atoms with Crippen LogP contribution >= 0.6 is 23.4 Å². The molecule has 0 amide bonds. The Balaban J connectivity index is 2.10. The fourth-order valence-electron chi connectivity index (χ4n) is 2.38. The second kappa shape index (κ2) is 5.68. The third-order valence-corrected chi connectivity index (χ3v) is 5.20. The number of nitrogens with one attached hydrogen (secondary N) is 1. The molecule has 112 valence electrons. The predicted octanol–water partition coefficient (Wildman–Crippen LogP) is 5.30. The summed E-state index contributed by atoms with van der Waals surface area (Å²) >= 11 is 7.81. The summed E-state index contributed by atoms with van der Waals surface area (Å²) in [4.78, 5) is 0. The van der Waals surface area contributed by atoms with E-state index >= 15 is 0 Å². The number of alkyl halides is 3. The van der Waals surface area contributed by atoms with Crippen molar-refractivity contribution < 1.29 is 13.2 Å². The molecule has 0 spiro atoms. The van der Waals surface area contributed by atoms with Crippen LogP contribution in [0.5, 0.6) is 0 Å². The molecule has 0 bridgehead atoms. The lowest BCUT2D eigenvalue weighted by molar-refractivity contribution is -0.137. The fourth-order valence-corrected chi connectivity index (χ4v) is 3.89. The van der Waals surface area contributed by atoms with E-state index in [1.54, 1.807) is 0 Å². The van der Waals surface area contributed by atoms with Crippen LogP contribution in [0.25, 0.3) is 0 Å². The Morgan fingerprint density at radius 2 is 2.05 bits per heavy atom. The Morgan fingerprint density at radius 3 is 2.60 bits per heavy atom. The molecule has 1 fully saturated rings. The lowest BCUT2D eigenvalue weighted by Gasteiger charge is -2.35. The van der Waals surface area contributed by atoms with Gasteiger partial charge in [0.25, 0.3) is 0 Å². The van der Waals surface area contributed by atoms with E-state index in [0.29, 0.717) is 5.69 Å². The van der Waals surface area contributed by atoms with Gasteiger partial charge in [-0.05, 0) is 35.8 Å². The van der Waals surface area contributed by atoms with E-state index < -0.39 is 11.7 Å². The van der Waals surface area contributed by atoms with Crippen molar-refractivity contribution in [1.29, 1.82) is 0 Å². The van der Waals surface area contributed by atoms with Gasteiger partial charge in [0.15, 0.2) is 0 Å². The molecule has 1 heterocycles. The van der Waals surface area contributed by atoms with Crippen LogP contribution in [0, 0.1) is 5.41 Å². The van der Waals surface area contributed by atoms with Crippen LogP contribution in [0.15, 0.2) is 18.2 Å². The van der Waals surface area contributed by atoms with Crippen molar-refractivity contribution in [2.24, 2.45) is 5.41 Å². The second-order valence-electron chi connectivity index (χ2n) is 5.92. The van der Waals surface area contributed by atoms with Crippen LogP contribution in [0.1, 0.15) is 25.8 Å². The zero-order valence-electron chi connectivity index (χ0n) is 11.4. The minimum absolute atomic E-state index is 0.119. The Labute approximate surface area is 126 Å². The van der Waals surface area contributed by atoms with Gasteiger partial charge in [0.05, 0.1) is 16.3 Å². The first kappa shape index (κ1) is 15.8. The summed E-state index contributed by atoms with van der Waals surface area (Å²) < 4.78 is 37.7. The minimum Gasteiger partial charge on any atom is -0.380 e. The minimum atomic E-state index is -4.36. The Bertz CT molecular complexity index is 488. The first-order chi connectivity index (χ1) is 9.17. The smallest absolute Gasteiger partial charge is 0.380 e. The highest BCUT2D eigenvalue weighted by molar-refractivity contribution is 7.99. The normalized spacial score (nSPS) is 22.6. The molecule has 1 saturated heterocycles. The molecule has 1 aromatic carbocycles. The number of thioether (sulfide) groups is 1. The van der Waals surface area contributed by atoms with Gasteiger partial charge in [-0.15, -0.1) is 0 Å². The van der Waals surface area contributed by atoms with Gasteiger partial charge in [0.1, 0.15) is 0 Å². The maximum Gasteiger partial charge on any atom is 0.416 e. The van der Waals surface area contributed by atoms with E-state index in [2.05, 4.69) is 19.2 Å². The van der Waals surface area contributed by atoms with Gasteiger partial charge >= 0.3 is 6.18 Å². The quantitative estimate of drug-likeness (QED) is 0.792. The predicted molar refractivity (Wildman–Crippen MR) is 79.6 cm³/mol. The molecule has 0 saturated carbocycles. The number of halogens is 4. The maximum absolute atomic E-state index is 12.6. The lowest BCUT2D eigenvalue weighted by atomic mass is 9.88. The lowest BCUT2D eigenvalue weighted by Crippen LogP contribution is -2.35. The van der Waals surface area contributed by atoms with Crippen molar-refractivity contribution in [3.8, 4) is 0 Å². The summed E-state index contributed by atoms with van der Waals surface area (Å²) in [6.07, 6.45) is -3.37. The first-order valence-electron chi connectivity index (χ1n) is 6.38. The number of rotatable bonds is 2. The fraction of sp³-hybridized carbons (Fsp3) is 0.571. The van der Waals surface area contributed by atoms with Crippen LogP contribution in [0.2, 0.25) is 5.02 Å². The van der Waals surface area contributed by atoms with Crippen LogP contribution in [-0.4, -0.2) is 17.5 Å². The van der Waals surface area contributed by atoms with E-state index in [1.165, 1.54) is 6.07 Å². The molecule has 6 heteroatoms. The molecule has 1 aliphatic rings. The van der Waals surface area contributed by atoms with Crippen molar-refractivity contribution in [3.05, 3.63) is 28.8 Å². The molecule has 1 unspecified atom stereocenters. The van der Waals surface area contributed by atoms with E-state index in [-0.39, 0.29) is 16.5 Å². The van der Waals surface area contributed by atoms with E-state index in [1.807, 2.05) is 11.8 Å². The molecule has 20 heavy (non-hydrogen) atoms. The molecule has 1 nitrogen and oxygen atoms in total. The molecule has 1 aliphatic heterocycles. The SMILES string of the molecule is CC1(C)CSCC(Nc2ccc(C(F)(F)F)cc2Cl)C1. The van der Waals surface area contributed by atoms with Crippen LogP contribution in [0.3, 0.4) is 0 Å². The van der Waals surface area contributed by atoms with Gasteiger partial charge in [-0.3, -0.25) is 0 Å². The summed E-state index contributed by atoms with van der Waals surface area (Å²) in [6.45, 7) is 4.39. The number of anilines is 1. The molecular formula is C14H17ClF3NS. The van der Waals surface area contributed by atoms with Crippen molar-refractivity contribution in [2.45, 2.75) is 32.5 Å². The highest BCUT2D eigenvalue weighted by atomic mass is 35.5. The molecule has 1 N–H and O–H groups in total. The summed E-state index contributed by atoms with van der Waals surface area (Å²) in [6, 6.07) is 3.69. The van der Waals surface area contributed by atoms with Crippen molar-refractivity contribution in [1.82, 2.24) is 0 Å². The van der Waals surface area contributed by atoms with Crippen LogP contribution in [-0.2, 0) is 6.18 Å². The Morgan fingerprint density at radius 1 is 1.35 bits per heavy atom. The van der Waals surface area contributed by atoms with Crippen LogP contribution in [0.4, 0.5) is 18.9 Å². The summed E-state index contributed by atoms with van der Waals surface area (Å²) in [5.41, 5.74) is 0.0910. The summed E-state index contributed by atoms with van der Waals surface area (Å²) in [7, 11) is 0. The maximum atomic E-state index is 12.6. The topological polar surface area (TPSA) is 12.0 Å². The van der Waals surface area contributed by atoms with Gasteiger partial charge in [-0.2, -0.15) is 24.9 Å². The van der Waals surface area contributed by atoms with Gasteiger partial charge in [-0.1, -0.05) is 25.4 Å². The van der Waals surface area contributed by atoms with E-state index in [0.717, 1.165) is 30.1 Å². The number of hydrogen-bond donors (Lipinski definition) is 1. The first-order valence-corrected chi connectivity index (χ1v) is 7.92. The summed E-state index contributed by atoms with van der Waals surface area (Å²) in [5.74, 6) is 2.05. The van der Waals surface area contributed by atoms with E-state index in [4.69, 9.17) is 11.6 Å². The van der Waals surface area contributed by atoms with Gasteiger partial charge in [0.2, 0.25) is 0 Å². The van der Waals surface area contributed by atoms with Crippen LogP contribution < -0.4 is 5.32 Å². The van der Waals surface area contributed by atoms with Crippen molar-refractivity contribution in [3.63, 3.8) is 0 Å². The number of hydrogen-bond acceptors (Lipinski definition) is 2. The standard InChI is InChI=1S/C14H17ClF3NS/c1-13(2)6-10(7-20-8-13)19-12-4-3-9(5-11(12)15)14(16,17)18/h3-5,10,19H,6-8H2,1-2H3. The average Bonchev–Trinajstić information content (AvgIpc) is 2.29.